The first kappa shape index (κ1) is 15.7. The number of benzene rings is 4. The van der Waals surface area contributed by atoms with E-state index >= 15 is 0 Å². The lowest BCUT2D eigenvalue weighted by Gasteiger charge is -2.25. The molecule has 0 spiro atoms. The Labute approximate surface area is 161 Å². The molecule has 0 unspecified atom stereocenters. The molecular formula is C22H14Cl2N2. The standard InChI is InChI=1S/C22H14Cl2N2/c23-16-5-7-17(8-6-16)26-12-20-18-11-19-14(2-1-3-21(19)24)10-15(18)4-9-22(20)25-13-26/h1-11,13H,12H2. The van der Waals surface area contributed by atoms with Crippen molar-refractivity contribution in [2.24, 2.45) is 4.99 Å². The molecule has 5 rings (SSSR count). The van der Waals surface area contributed by atoms with Crippen LogP contribution in [0.2, 0.25) is 10.0 Å². The Morgan fingerprint density at radius 3 is 2.46 bits per heavy atom. The van der Waals surface area contributed by atoms with Crippen LogP contribution in [0.3, 0.4) is 0 Å². The molecule has 0 atom stereocenters. The van der Waals surface area contributed by atoms with Gasteiger partial charge in [0.05, 0.1) is 18.6 Å². The Morgan fingerprint density at radius 2 is 1.62 bits per heavy atom. The predicted molar refractivity (Wildman–Crippen MR) is 112 cm³/mol. The second kappa shape index (κ2) is 6.01. The molecule has 0 N–H and O–H groups in total. The van der Waals surface area contributed by atoms with Crippen molar-refractivity contribution >= 4 is 62.5 Å². The van der Waals surface area contributed by atoms with E-state index in [-0.39, 0.29) is 0 Å². The number of hydrogen-bond donors (Lipinski definition) is 0. The summed E-state index contributed by atoms with van der Waals surface area (Å²) in [5.41, 5.74) is 3.29. The van der Waals surface area contributed by atoms with Gasteiger partial charge in [0.1, 0.15) is 0 Å². The average molecular weight is 377 g/mol. The molecule has 4 aromatic carbocycles. The maximum atomic E-state index is 6.43. The molecule has 0 saturated heterocycles. The van der Waals surface area contributed by atoms with Gasteiger partial charge in [-0.25, -0.2) is 4.99 Å². The van der Waals surface area contributed by atoms with E-state index in [1.807, 2.05) is 42.7 Å². The summed E-state index contributed by atoms with van der Waals surface area (Å²) in [4.78, 5) is 6.79. The minimum atomic E-state index is 0.731. The summed E-state index contributed by atoms with van der Waals surface area (Å²) in [6.45, 7) is 0.758. The number of rotatable bonds is 1. The van der Waals surface area contributed by atoms with Crippen molar-refractivity contribution < 1.29 is 0 Å². The summed E-state index contributed by atoms with van der Waals surface area (Å²) in [6, 6.07) is 22.4. The number of fused-ring (bicyclic) bond motifs is 4. The summed E-state index contributed by atoms with van der Waals surface area (Å²) in [5.74, 6) is 0. The van der Waals surface area contributed by atoms with Gasteiger partial charge in [-0.1, -0.05) is 41.4 Å². The third-order valence-corrected chi connectivity index (χ3v) is 5.46. The van der Waals surface area contributed by atoms with Crippen molar-refractivity contribution in [2.45, 2.75) is 6.54 Å². The molecule has 0 radical (unpaired) electrons. The van der Waals surface area contributed by atoms with Crippen LogP contribution in [0.5, 0.6) is 0 Å². The van der Waals surface area contributed by atoms with Crippen LogP contribution in [0.15, 0.2) is 71.7 Å². The van der Waals surface area contributed by atoms with Gasteiger partial charge in [-0.15, -0.1) is 0 Å². The average Bonchev–Trinajstić information content (AvgIpc) is 2.67. The maximum Gasteiger partial charge on any atom is 0.0960 e. The fourth-order valence-electron chi connectivity index (χ4n) is 3.53. The smallest absolute Gasteiger partial charge is 0.0960 e. The number of aliphatic imine (C=N–C) groups is 1. The largest absolute Gasteiger partial charge is 0.328 e. The molecule has 126 valence electrons. The van der Waals surface area contributed by atoms with Crippen molar-refractivity contribution in [3.8, 4) is 0 Å². The SMILES string of the molecule is Clc1ccc(N2C=Nc3ccc4cc5cccc(Cl)c5cc4c3C2)cc1. The Balaban J connectivity index is 1.68. The van der Waals surface area contributed by atoms with E-state index in [1.54, 1.807) is 0 Å². The second-order valence-corrected chi connectivity index (χ2v) is 7.29. The van der Waals surface area contributed by atoms with E-state index in [2.05, 4.69) is 40.2 Å². The van der Waals surface area contributed by atoms with Crippen LogP contribution in [-0.2, 0) is 6.54 Å². The summed E-state index contributed by atoms with van der Waals surface area (Å²) in [5, 5.41) is 6.12. The zero-order valence-corrected chi connectivity index (χ0v) is 15.3. The predicted octanol–water partition coefficient (Wildman–Crippen LogP) is 6.98. The maximum absolute atomic E-state index is 6.43. The molecule has 0 aromatic heterocycles. The fraction of sp³-hybridized carbons (Fsp3) is 0.0455. The number of nitrogens with zero attached hydrogens (tertiary/aromatic N) is 2. The third kappa shape index (κ3) is 2.54. The van der Waals surface area contributed by atoms with E-state index in [1.165, 1.54) is 16.3 Å². The van der Waals surface area contributed by atoms with Crippen LogP contribution in [0.4, 0.5) is 11.4 Å². The first-order valence-corrected chi connectivity index (χ1v) is 9.15. The minimum absolute atomic E-state index is 0.731. The van der Waals surface area contributed by atoms with Gasteiger partial charge in [0.25, 0.3) is 0 Å². The van der Waals surface area contributed by atoms with E-state index < -0.39 is 0 Å². The van der Waals surface area contributed by atoms with Gasteiger partial charge in [-0.05, 0) is 64.7 Å². The van der Waals surface area contributed by atoms with Gasteiger partial charge >= 0.3 is 0 Å². The molecule has 0 aliphatic carbocycles. The highest BCUT2D eigenvalue weighted by Crippen LogP contribution is 2.36. The normalized spacial score (nSPS) is 13.4. The molecule has 4 heteroatoms. The number of halogens is 2. The molecule has 1 aliphatic rings. The minimum Gasteiger partial charge on any atom is -0.328 e. The molecule has 1 aliphatic heterocycles. The highest BCUT2D eigenvalue weighted by molar-refractivity contribution is 6.36. The van der Waals surface area contributed by atoms with Crippen LogP contribution in [0.1, 0.15) is 5.56 Å². The number of anilines is 1. The van der Waals surface area contributed by atoms with Crippen molar-refractivity contribution in [1.29, 1.82) is 0 Å². The van der Waals surface area contributed by atoms with Gasteiger partial charge < -0.3 is 4.90 Å². The first-order valence-electron chi connectivity index (χ1n) is 8.39. The fourth-order valence-corrected chi connectivity index (χ4v) is 3.89. The van der Waals surface area contributed by atoms with E-state index in [4.69, 9.17) is 23.2 Å². The molecule has 0 saturated carbocycles. The van der Waals surface area contributed by atoms with Crippen LogP contribution in [0, 0.1) is 0 Å². The molecule has 4 aromatic rings. The van der Waals surface area contributed by atoms with Gasteiger partial charge in [0.15, 0.2) is 0 Å². The molecular weight excluding hydrogens is 363 g/mol. The van der Waals surface area contributed by atoms with Crippen molar-refractivity contribution in [1.82, 2.24) is 0 Å². The molecule has 0 bridgehead atoms. The van der Waals surface area contributed by atoms with Gasteiger partial charge in [0.2, 0.25) is 0 Å². The van der Waals surface area contributed by atoms with E-state index in [9.17, 15) is 0 Å². The van der Waals surface area contributed by atoms with E-state index in [0.29, 0.717) is 0 Å². The molecule has 0 amide bonds. The van der Waals surface area contributed by atoms with Crippen molar-refractivity contribution in [3.05, 3.63) is 82.3 Å². The Kier molecular flexibility index (Phi) is 3.63. The quantitative estimate of drug-likeness (QED) is 0.327. The summed E-state index contributed by atoms with van der Waals surface area (Å²) in [6.07, 6.45) is 1.88. The first-order chi connectivity index (χ1) is 12.7. The summed E-state index contributed by atoms with van der Waals surface area (Å²) < 4.78 is 0. The molecule has 26 heavy (non-hydrogen) atoms. The van der Waals surface area contributed by atoms with Crippen molar-refractivity contribution in [3.63, 3.8) is 0 Å². The van der Waals surface area contributed by atoms with Gasteiger partial charge in [0, 0.05) is 26.7 Å². The van der Waals surface area contributed by atoms with Crippen molar-refractivity contribution in [2.75, 3.05) is 4.90 Å². The monoisotopic (exact) mass is 376 g/mol. The Bertz CT molecular complexity index is 1180. The topological polar surface area (TPSA) is 15.6 Å². The zero-order valence-electron chi connectivity index (χ0n) is 13.8. The summed E-state index contributed by atoms with van der Waals surface area (Å²) in [7, 11) is 0. The van der Waals surface area contributed by atoms with Crippen LogP contribution >= 0.6 is 23.2 Å². The zero-order chi connectivity index (χ0) is 17.7. The van der Waals surface area contributed by atoms with Crippen LogP contribution in [0.25, 0.3) is 21.5 Å². The number of hydrogen-bond acceptors (Lipinski definition) is 2. The second-order valence-electron chi connectivity index (χ2n) is 6.45. The Morgan fingerprint density at radius 1 is 0.808 bits per heavy atom. The Hall–Kier alpha value is -2.55. The molecule has 2 nitrogen and oxygen atoms in total. The molecule has 0 fully saturated rings. The van der Waals surface area contributed by atoms with Gasteiger partial charge in [-0.3, -0.25) is 0 Å². The molecule has 1 heterocycles. The third-order valence-electron chi connectivity index (χ3n) is 4.88. The van der Waals surface area contributed by atoms with E-state index in [0.717, 1.165) is 38.7 Å². The van der Waals surface area contributed by atoms with Gasteiger partial charge in [-0.2, -0.15) is 0 Å². The highest BCUT2D eigenvalue weighted by atomic mass is 35.5. The highest BCUT2D eigenvalue weighted by Gasteiger charge is 2.17. The lowest BCUT2D eigenvalue weighted by Crippen LogP contribution is -2.23. The summed E-state index contributed by atoms with van der Waals surface area (Å²) >= 11 is 12.4. The van der Waals surface area contributed by atoms with Crippen LogP contribution < -0.4 is 4.90 Å². The lowest BCUT2D eigenvalue weighted by atomic mass is 9.97. The van der Waals surface area contributed by atoms with Crippen LogP contribution in [-0.4, -0.2) is 6.34 Å². The lowest BCUT2D eigenvalue weighted by molar-refractivity contribution is 1.01.